The molecule has 0 N–H and O–H groups in total. The molecule has 0 fully saturated rings. The van der Waals surface area contributed by atoms with Crippen molar-refractivity contribution in [1.82, 2.24) is 9.13 Å². The number of hydrogen-bond acceptors (Lipinski definition) is 8. The Bertz CT molecular complexity index is 1770. The predicted molar refractivity (Wildman–Crippen MR) is 147 cm³/mol. The lowest BCUT2D eigenvalue weighted by Gasteiger charge is -2.22. The Kier molecular flexibility index (Phi) is 6.77. The van der Waals surface area contributed by atoms with Crippen molar-refractivity contribution in [2.75, 3.05) is 14.2 Å². The first-order chi connectivity index (χ1) is 18.2. The van der Waals surface area contributed by atoms with Crippen molar-refractivity contribution in [3.8, 4) is 5.69 Å². The van der Waals surface area contributed by atoms with E-state index >= 15 is 0 Å². The molecule has 5 rings (SSSR count). The van der Waals surface area contributed by atoms with Gasteiger partial charge in [-0.25, -0.2) is 14.6 Å². The van der Waals surface area contributed by atoms with E-state index in [1.807, 2.05) is 55.6 Å². The normalized spacial score (nSPS) is 15.3. The number of methoxy groups -OCH3 is 2. The van der Waals surface area contributed by atoms with Gasteiger partial charge >= 0.3 is 11.9 Å². The highest BCUT2D eigenvalue weighted by molar-refractivity contribution is 7.10. The molecular weight excluding hydrogens is 522 g/mol. The minimum absolute atomic E-state index is 0.215. The van der Waals surface area contributed by atoms with Gasteiger partial charge in [-0.3, -0.25) is 9.36 Å². The second kappa shape index (κ2) is 10.0. The Morgan fingerprint density at radius 3 is 2.37 bits per heavy atom. The third-order valence-electron chi connectivity index (χ3n) is 6.54. The summed E-state index contributed by atoms with van der Waals surface area (Å²) in [6.07, 6.45) is 1.87. The molecular formula is C28H25N3O5S2. The smallest absolute Gasteiger partial charge is 0.338 e. The first-order valence-electron chi connectivity index (χ1n) is 11.8. The molecule has 0 bridgehead atoms. The highest BCUT2D eigenvalue weighted by Gasteiger charge is 2.33. The number of aryl methyl sites for hydroxylation is 1. The van der Waals surface area contributed by atoms with Gasteiger partial charge < -0.3 is 14.0 Å². The van der Waals surface area contributed by atoms with Crippen molar-refractivity contribution in [2.45, 2.75) is 26.8 Å². The average molecular weight is 548 g/mol. The van der Waals surface area contributed by atoms with Crippen LogP contribution in [0.15, 0.2) is 68.9 Å². The van der Waals surface area contributed by atoms with Crippen molar-refractivity contribution in [1.29, 1.82) is 0 Å². The Balaban J connectivity index is 1.63. The second-order valence-electron chi connectivity index (χ2n) is 8.79. The van der Waals surface area contributed by atoms with Crippen LogP contribution in [-0.2, 0) is 14.3 Å². The molecule has 1 aliphatic heterocycles. The standard InChI is InChI=1S/C28H25N3O5S2/c1-15-13-19(17(3)30(15)20-10-8-18(9-11-20)26(33)35-4)14-22-25(32)31-24(21-7-6-12-37-21)23(27(34)36-5)16(2)29-28(31)38-22/h6-14,24H,1-5H3. The van der Waals surface area contributed by atoms with Crippen LogP contribution in [0.4, 0.5) is 0 Å². The number of ether oxygens (including phenoxy) is 2. The molecule has 4 aromatic rings. The molecule has 1 atom stereocenters. The van der Waals surface area contributed by atoms with E-state index in [9.17, 15) is 14.4 Å². The minimum atomic E-state index is -0.596. The zero-order chi connectivity index (χ0) is 27.1. The van der Waals surface area contributed by atoms with Crippen molar-refractivity contribution < 1.29 is 19.1 Å². The van der Waals surface area contributed by atoms with Gasteiger partial charge in [0.2, 0.25) is 0 Å². The van der Waals surface area contributed by atoms with E-state index in [0.29, 0.717) is 26.2 Å². The van der Waals surface area contributed by atoms with E-state index in [-0.39, 0.29) is 11.5 Å². The number of carbonyl (C=O) groups is 2. The SMILES string of the molecule is COC(=O)C1=C(C)N=c2sc(=Cc3cc(C)n(-c4ccc(C(=O)OC)cc4)c3C)c(=O)n2C1c1cccs1. The van der Waals surface area contributed by atoms with Crippen LogP contribution < -0.4 is 14.9 Å². The number of nitrogens with zero attached hydrogens (tertiary/aromatic N) is 3. The fourth-order valence-corrected chi connectivity index (χ4v) is 6.61. The number of rotatable bonds is 5. The number of allylic oxidation sites excluding steroid dienone is 1. The largest absolute Gasteiger partial charge is 0.466 e. The maximum Gasteiger partial charge on any atom is 0.338 e. The molecule has 10 heteroatoms. The van der Waals surface area contributed by atoms with E-state index in [0.717, 1.165) is 27.5 Å². The van der Waals surface area contributed by atoms with Gasteiger partial charge in [-0.2, -0.15) is 0 Å². The highest BCUT2D eigenvalue weighted by atomic mass is 32.1. The number of esters is 2. The third kappa shape index (κ3) is 4.25. The van der Waals surface area contributed by atoms with E-state index < -0.39 is 12.0 Å². The lowest BCUT2D eigenvalue weighted by molar-refractivity contribution is -0.136. The van der Waals surface area contributed by atoms with Gasteiger partial charge in [0.15, 0.2) is 4.80 Å². The second-order valence-corrected chi connectivity index (χ2v) is 10.8. The van der Waals surface area contributed by atoms with Crippen LogP contribution in [0.3, 0.4) is 0 Å². The predicted octanol–water partition coefficient (Wildman–Crippen LogP) is 3.66. The molecule has 0 saturated carbocycles. The van der Waals surface area contributed by atoms with Gasteiger partial charge in [-0.05, 0) is 74.2 Å². The molecule has 4 heterocycles. The van der Waals surface area contributed by atoms with Gasteiger partial charge in [-0.15, -0.1) is 11.3 Å². The summed E-state index contributed by atoms with van der Waals surface area (Å²) >= 11 is 2.77. The molecule has 194 valence electrons. The van der Waals surface area contributed by atoms with E-state index in [4.69, 9.17) is 9.47 Å². The van der Waals surface area contributed by atoms with Crippen LogP contribution in [0.1, 0.15) is 45.2 Å². The van der Waals surface area contributed by atoms with Crippen molar-refractivity contribution in [2.24, 2.45) is 4.99 Å². The number of carbonyl (C=O) groups excluding carboxylic acids is 2. The molecule has 1 aromatic carbocycles. The zero-order valence-corrected chi connectivity index (χ0v) is 23.1. The summed E-state index contributed by atoms with van der Waals surface area (Å²) in [5.74, 6) is -0.888. The topological polar surface area (TPSA) is 91.9 Å². The lowest BCUT2D eigenvalue weighted by atomic mass is 10.0. The van der Waals surface area contributed by atoms with Crippen LogP contribution in [0.5, 0.6) is 0 Å². The number of thiazole rings is 1. The quantitative estimate of drug-likeness (QED) is 0.356. The summed E-state index contributed by atoms with van der Waals surface area (Å²) in [7, 11) is 2.69. The highest BCUT2D eigenvalue weighted by Crippen LogP contribution is 2.33. The van der Waals surface area contributed by atoms with E-state index in [2.05, 4.69) is 9.56 Å². The summed E-state index contributed by atoms with van der Waals surface area (Å²) in [6.45, 7) is 5.74. The van der Waals surface area contributed by atoms with E-state index in [1.54, 1.807) is 23.6 Å². The number of benzene rings is 1. The van der Waals surface area contributed by atoms with Crippen molar-refractivity contribution in [3.05, 3.63) is 106 Å². The van der Waals surface area contributed by atoms with Gasteiger partial charge in [0.1, 0.15) is 6.04 Å². The first kappa shape index (κ1) is 25.6. The average Bonchev–Trinajstić information content (AvgIpc) is 3.62. The summed E-state index contributed by atoms with van der Waals surface area (Å²) in [5, 5.41) is 1.92. The number of aromatic nitrogens is 2. The van der Waals surface area contributed by atoms with Crippen LogP contribution in [0.25, 0.3) is 11.8 Å². The molecule has 8 nitrogen and oxygen atoms in total. The monoisotopic (exact) mass is 547 g/mol. The van der Waals surface area contributed by atoms with Crippen LogP contribution in [0.2, 0.25) is 0 Å². The Morgan fingerprint density at radius 2 is 1.74 bits per heavy atom. The Hall–Kier alpha value is -4.02. The Labute approximate surface area is 226 Å². The number of thiophene rings is 1. The fraction of sp³-hybridized carbons (Fsp3) is 0.214. The Morgan fingerprint density at radius 1 is 1.03 bits per heavy atom. The molecule has 0 saturated heterocycles. The number of fused-ring (bicyclic) bond motifs is 1. The van der Waals surface area contributed by atoms with Gasteiger partial charge in [0.05, 0.1) is 35.6 Å². The fourth-order valence-electron chi connectivity index (χ4n) is 4.75. The summed E-state index contributed by atoms with van der Waals surface area (Å²) < 4.78 is 14.0. The van der Waals surface area contributed by atoms with Gasteiger partial charge in [-0.1, -0.05) is 17.4 Å². The molecule has 1 unspecified atom stereocenters. The summed E-state index contributed by atoms with van der Waals surface area (Å²) in [4.78, 5) is 44.3. The first-order valence-corrected chi connectivity index (χ1v) is 13.5. The van der Waals surface area contributed by atoms with E-state index in [1.165, 1.54) is 36.9 Å². The van der Waals surface area contributed by atoms with Gasteiger partial charge in [0, 0.05) is 22.0 Å². The van der Waals surface area contributed by atoms with Crippen LogP contribution in [-0.4, -0.2) is 35.3 Å². The summed E-state index contributed by atoms with van der Waals surface area (Å²) in [5.41, 5.74) is 4.87. The lowest BCUT2D eigenvalue weighted by Crippen LogP contribution is -2.39. The molecule has 0 amide bonds. The molecule has 1 aliphatic rings. The summed E-state index contributed by atoms with van der Waals surface area (Å²) in [6, 6.07) is 12.4. The third-order valence-corrected chi connectivity index (χ3v) is 8.45. The maximum atomic E-state index is 13.8. The molecule has 38 heavy (non-hydrogen) atoms. The van der Waals surface area contributed by atoms with Gasteiger partial charge in [0.25, 0.3) is 5.56 Å². The molecule has 0 radical (unpaired) electrons. The minimum Gasteiger partial charge on any atom is -0.466 e. The van der Waals surface area contributed by atoms with Crippen molar-refractivity contribution in [3.63, 3.8) is 0 Å². The van der Waals surface area contributed by atoms with Crippen molar-refractivity contribution >= 4 is 40.7 Å². The van der Waals surface area contributed by atoms with Crippen LogP contribution in [0, 0.1) is 13.8 Å². The molecule has 0 aliphatic carbocycles. The zero-order valence-electron chi connectivity index (χ0n) is 21.5. The van der Waals surface area contributed by atoms with Crippen LogP contribution >= 0.6 is 22.7 Å². The maximum absolute atomic E-state index is 13.8. The number of hydrogen-bond donors (Lipinski definition) is 0. The molecule has 3 aromatic heterocycles. The molecule has 0 spiro atoms.